The highest BCUT2D eigenvalue weighted by atomic mass is 32.2. The predicted molar refractivity (Wildman–Crippen MR) is 149 cm³/mol. The van der Waals surface area contributed by atoms with Gasteiger partial charge in [-0.3, -0.25) is 9.59 Å². The fourth-order valence-electron chi connectivity index (χ4n) is 5.23. The molecule has 2 amide bonds. The summed E-state index contributed by atoms with van der Waals surface area (Å²) in [4.78, 5) is 31.3. The minimum Gasteiger partial charge on any atom is -0.358 e. The number of hydrogen-bond donors (Lipinski definition) is 3. The molecule has 0 aliphatic carbocycles. The highest BCUT2D eigenvalue weighted by Gasteiger charge is 2.28. The van der Waals surface area contributed by atoms with Crippen molar-refractivity contribution < 1.29 is 22.4 Å². The van der Waals surface area contributed by atoms with E-state index in [1.807, 2.05) is 6.92 Å². The molecule has 0 bridgehead atoms. The molecule has 204 valence electrons. The lowest BCUT2D eigenvalue weighted by molar-refractivity contribution is -0.110. The van der Waals surface area contributed by atoms with Crippen molar-refractivity contribution >= 4 is 39.0 Å². The minimum atomic E-state index is -3.88. The molecule has 3 heterocycles. The maximum absolute atomic E-state index is 14.1. The van der Waals surface area contributed by atoms with Gasteiger partial charge in [-0.2, -0.15) is 0 Å². The molecule has 1 fully saturated rings. The Labute approximate surface area is 227 Å². The molecule has 1 aromatic heterocycles. The average Bonchev–Trinajstić information content (AvgIpc) is 3.59. The number of aryl methyl sites for hydroxylation is 1. The third-order valence-corrected chi connectivity index (χ3v) is 9.00. The topological polar surface area (TPSA) is 111 Å². The van der Waals surface area contributed by atoms with Crippen LogP contribution in [0.5, 0.6) is 0 Å². The maximum Gasteiger partial charge on any atom is 0.256 e. The van der Waals surface area contributed by atoms with Crippen LogP contribution in [0.1, 0.15) is 51.3 Å². The lowest BCUT2D eigenvalue weighted by Gasteiger charge is -2.14. The smallest absolute Gasteiger partial charge is 0.256 e. The van der Waals surface area contributed by atoms with Crippen LogP contribution in [0.4, 0.5) is 10.1 Å². The molecule has 5 rings (SSSR count). The van der Waals surface area contributed by atoms with E-state index >= 15 is 0 Å². The fraction of sp³-hybridized carbons (Fsp3) is 0.310. The quantitative estimate of drug-likeness (QED) is 0.366. The number of nitrogens with zero attached hydrogens (tertiary/aromatic N) is 1. The number of fused-ring (bicyclic) bond motifs is 1. The van der Waals surface area contributed by atoms with Gasteiger partial charge in [0.15, 0.2) is 9.84 Å². The minimum absolute atomic E-state index is 0.00985. The molecule has 3 N–H and O–H groups in total. The van der Waals surface area contributed by atoms with E-state index in [4.69, 9.17) is 0 Å². The summed E-state index contributed by atoms with van der Waals surface area (Å²) >= 11 is 0. The lowest BCUT2D eigenvalue weighted by atomic mass is 10.0. The standard InChI is InChI=1S/C29H31FN4O4S/c1-18-26(32-19(2)27(18)29(36)31-11-14-34-12-5-6-13-34)16-23-22-15-21(9-10-25(22)33-28(23)35)39(37,38)17-20-7-3-4-8-24(20)30/h3-4,7-10,15-16,32H,5-6,11-14,17H2,1-2H3,(H,31,36)(H,33,35). The number of anilines is 1. The summed E-state index contributed by atoms with van der Waals surface area (Å²) in [6, 6.07) is 10.1. The number of halogens is 1. The van der Waals surface area contributed by atoms with Crippen LogP contribution in [0.15, 0.2) is 47.4 Å². The SMILES string of the molecule is Cc1[nH]c(C=C2C(=O)Nc3ccc(S(=O)(=O)Cc4ccccc4F)cc32)c(C)c1C(=O)NCCN1CCCC1. The van der Waals surface area contributed by atoms with Gasteiger partial charge in [-0.1, -0.05) is 18.2 Å². The molecule has 0 radical (unpaired) electrons. The van der Waals surface area contributed by atoms with E-state index in [0.29, 0.717) is 40.3 Å². The van der Waals surface area contributed by atoms with Gasteiger partial charge in [0, 0.05) is 41.3 Å². The van der Waals surface area contributed by atoms with E-state index in [1.165, 1.54) is 49.2 Å². The number of rotatable bonds is 8. The number of likely N-dealkylation sites (tertiary alicyclic amines) is 1. The Bertz CT molecular complexity index is 1590. The first-order chi connectivity index (χ1) is 18.6. The molecule has 0 spiro atoms. The van der Waals surface area contributed by atoms with Gasteiger partial charge in [0.2, 0.25) is 0 Å². The summed E-state index contributed by atoms with van der Waals surface area (Å²) in [6.07, 6.45) is 4.02. The molecule has 8 nitrogen and oxygen atoms in total. The number of H-pyrrole nitrogens is 1. The molecule has 2 aromatic carbocycles. The zero-order valence-corrected chi connectivity index (χ0v) is 22.8. The lowest BCUT2D eigenvalue weighted by Crippen LogP contribution is -2.33. The molecule has 39 heavy (non-hydrogen) atoms. The second-order valence-corrected chi connectivity index (χ2v) is 12.0. The molecule has 0 unspecified atom stereocenters. The molecule has 0 atom stereocenters. The average molecular weight is 551 g/mol. The Morgan fingerprint density at radius 3 is 2.62 bits per heavy atom. The van der Waals surface area contributed by atoms with Crippen LogP contribution in [-0.2, 0) is 20.4 Å². The van der Waals surface area contributed by atoms with Crippen molar-refractivity contribution in [1.29, 1.82) is 0 Å². The van der Waals surface area contributed by atoms with Gasteiger partial charge in [-0.05, 0) is 75.7 Å². The zero-order valence-electron chi connectivity index (χ0n) is 21.9. The second kappa shape index (κ2) is 10.8. The Morgan fingerprint density at radius 1 is 1.13 bits per heavy atom. The monoisotopic (exact) mass is 550 g/mol. The highest BCUT2D eigenvalue weighted by Crippen LogP contribution is 2.36. The van der Waals surface area contributed by atoms with Gasteiger partial charge in [0.1, 0.15) is 5.82 Å². The van der Waals surface area contributed by atoms with Crippen LogP contribution in [-0.4, -0.2) is 56.3 Å². The summed E-state index contributed by atoms with van der Waals surface area (Å²) in [5, 5.41) is 5.76. The van der Waals surface area contributed by atoms with Gasteiger partial charge in [-0.15, -0.1) is 0 Å². The number of aromatic amines is 1. The van der Waals surface area contributed by atoms with E-state index in [1.54, 1.807) is 19.1 Å². The number of carbonyl (C=O) groups excluding carboxylic acids is 2. The zero-order chi connectivity index (χ0) is 27.7. The Kier molecular flexibility index (Phi) is 7.42. The van der Waals surface area contributed by atoms with Crippen molar-refractivity contribution in [2.24, 2.45) is 0 Å². The maximum atomic E-state index is 14.1. The van der Waals surface area contributed by atoms with Crippen molar-refractivity contribution in [2.45, 2.75) is 37.3 Å². The normalized spacial score (nSPS) is 16.5. The second-order valence-electron chi connectivity index (χ2n) is 10.0. The van der Waals surface area contributed by atoms with E-state index < -0.39 is 21.4 Å². The van der Waals surface area contributed by atoms with Crippen molar-refractivity contribution in [3.8, 4) is 0 Å². The van der Waals surface area contributed by atoms with Gasteiger partial charge in [0.05, 0.1) is 21.8 Å². The van der Waals surface area contributed by atoms with Crippen LogP contribution in [0.25, 0.3) is 11.6 Å². The van der Waals surface area contributed by atoms with Crippen molar-refractivity contribution in [2.75, 3.05) is 31.5 Å². The first-order valence-corrected chi connectivity index (χ1v) is 14.6. The first kappa shape index (κ1) is 26.8. The fourth-order valence-corrected chi connectivity index (χ4v) is 6.62. The van der Waals surface area contributed by atoms with Crippen LogP contribution in [0.3, 0.4) is 0 Å². The van der Waals surface area contributed by atoms with Crippen LogP contribution in [0, 0.1) is 19.7 Å². The van der Waals surface area contributed by atoms with E-state index in [2.05, 4.69) is 20.5 Å². The number of hydrogen-bond acceptors (Lipinski definition) is 5. The van der Waals surface area contributed by atoms with Crippen LogP contribution < -0.4 is 10.6 Å². The molecule has 0 saturated carbocycles. The van der Waals surface area contributed by atoms with Crippen LogP contribution >= 0.6 is 0 Å². The largest absolute Gasteiger partial charge is 0.358 e. The van der Waals surface area contributed by atoms with E-state index in [0.717, 1.165) is 19.6 Å². The van der Waals surface area contributed by atoms with Crippen molar-refractivity contribution in [3.63, 3.8) is 0 Å². The Morgan fingerprint density at radius 2 is 1.87 bits per heavy atom. The number of nitrogens with one attached hydrogen (secondary N) is 3. The summed E-state index contributed by atoms with van der Waals surface area (Å²) in [6.45, 7) is 7.11. The summed E-state index contributed by atoms with van der Waals surface area (Å²) in [5.74, 6) is -1.64. The predicted octanol–water partition coefficient (Wildman–Crippen LogP) is 4.06. The summed E-state index contributed by atoms with van der Waals surface area (Å²) < 4.78 is 40.3. The number of carbonyl (C=O) groups is 2. The third-order valence-electron chi connectivity index (χ3n) is 7.34. The van der Waals surface area contributed by atoms with Gasteiger partial charge in [-0.25, -0.2) is 12.8 Å². The molecule has 2 aliphatic rings. The molecule has 10 heteroatoms. The number of benzene rings is 2. The third kappa shape index (κ3) is 5.53. The Hall–Kier alpha value is -3.76. The first-order valence-electron chi connectivity index (χ1n) is 13.0. The molecular weight excluding hydrogens is 519 g/mol. The van der Waals surface area contributed by atoms with Crippen LogP contribution in [0.2, 0.25) is 0 Å². The number of aromatic nitrogens is 1. The van der Waals surface area contributed by atoms with E-state index in [-0.39, 0.29) is 27.8 Å². The van der Waals surface area contributed by atoms with Crippen molar-refractivity contribution in [1.82, 2.24) is 15.2 Å². The van der Waals surface area contributed by atoms with Gasteiger partial charge < -0.3 is 20.5 Å². The van der Waals surface area contributed by atoms with Gasteiger partial charge in [0.25, 0.3) is 11.8 Å². The van der Waals surface area contributed by atoms with Gasteiger partial charge >= 0.3 is 0 Å². The molecule has 3 aromatic rings. The summed E-state index contributed by atoms with van der Waals surface area (Å²) in [5.41, 5.74) is 3.76. The highest BCUT2D eigenvalue weighted by molar-refractivity contribution is 7.90. The molecule has 2 aliphatic heterocycles. The molecule has 1 saturated heterocycles. The Balaban J connectivity index is 1.40. The molecular formula is C29H31FN4O4S. The number of amides is 2. The van der Waals surface area contributed by atoms with Crippen molar-refractivity contribution in [3.05, 3.63) is 81.9 Å². The van der Waals surface area contributed by atoms with E-state index in [9.17, 15) is 22.4 Å². The summed E-state index contributed by atoms with van der Waals surface area (Å²) in [7, 11) is -3.88. The number of sulfone groups is 1.